The van der Waals surface area contributed by atoms with E-state index in [2.05, 4.69) is 22.3 Å². The number of carbonyl (C=O) groups excluding carboxylic acids is 1. The predicted octanol–water partition coefficient (Wildman–Crippen LogP) is 4.13. The zero-order chi connectivity index (χ0) is 20.9. The Hall–Kier alpha value is -2.93. The number of nitrogens with zero attached hydrogens (tertiary/aromatic N) is 4. The van der Waals surface area contributed by atoms with E-state index in [9.17, 15) is 4.79 Å². The number of aryl methyl sites for hydroxylation is 1. The van der Waals surface area contributed by atoms with Crippen LogP contribution in [0.4, 0.5) is 10.5 Å². The maximum absolute atomic E-state index is 13.2. The lowest BCUT2D eigenvalue weighted by Gasteiger charge is -2.63. The molecule has 2 aliphatic rings. The maximum Gasteiger partial charge on any atom is 0.322 e. The first-order chi connectivity index (χ1) is 14.5. The number of likely N-dealkylation sites (tertiary alicyclic amines) is 1. The molecule has 1 saturated heterocycles. The van der Waals surface area contributed by atoms with E-state index in [1.165, 1.54) is 0 Å². The molecule has 2 amide bonds. The third-order valence-corrected chi connectivity index (χ3v) is 6.57. The lowest BCUT2D eigenvalue weighted by Crippen LogP contribution is -2.74. The molecule has 0 radical (unpaired) electrons. The molecular formula is C23H27N5O2. The maximum atomic E-state index is 13.2. The molecule has 0 unspecified atom stereocenters. The number of benzene rings is 1. The summed E-state index contributed by atoms with van der Waals surface area (Å²) in [4.78, 5) is 19.8. The smallest absolute Gasteiger partial charge is 0.322 e. The molecule has 156 valence electrons. The largest absolute Gasteiger partial charge is 0.382 e. The number of methoxy groups -OCH3 is 1. The minimum Gasteiger partial charge on any atom is -0.382 e. The van der Waals surface area contributed by atoms with Gasteiger partial charge in [-0.25, -0.2) is 9.31 Å². The van der Waals surface area contributed by atoms with Gasteiger partial charge >= 0.3 is 6.03 Å². The van der Waals surface area contributed by atoms with Crippen molar-refractivity contribution in [2.45, 2.75) is 44.7 Å². The van der Waals surface area contributed by atoms with Gasteiger partial charge in [-0.1, -0.05) is 13.0 Å². The fourth-order valence-corrected chi connectivity index (χ4v) is 5.43. The van der Waals surface area contributed by atoms with E-state index >= 15 is 0 Å². The van der Waals surface area contributed by atoms with Crippen LogP contribution >= 0.6 is 0 Å². The fraction of sp³-hybridized carbons (Fsp3) is 0.435. The number of rotatable bonds is 4. The van der Waals surface area contributed by atoms with Gasteiger partial charge in [-0.05, 0) is 55.9 Å². The monoisotopic (exact) mass is 405 g/mol. The second kappa shape index (κ2) is 7.09. The van der Waals surface area contributed by atoms with Gasteiger partial charge < -0.3 is 15.0 Å². The zero-order valence-electron chi connectivity index (χ0n) is 17.6. The van der Waals surface area contributed by atoms with Crippen LogP contribution in [0.25, 0.3) is 16.8 Å². The SMILES string of the molecule is COC[C@]12C[C@@H](C)C[C@H](C1)N2C(=O)Nc1ccc(C)c(-c2cn3nccc3cn2)c1. The van der Waals surface area contributed by atoms with Crippen LogP contribution in [-0.4, -0.2) is 50.8 Å². The minimum absolute atomic E-state index is 0.0412. The third kappa shape index (κ3) is 3.04. The van der Waals surface area contributed by atoms with Gasteiger partial charge in [0.05, 0.1) is 41.9 Å². The first kappa shape index (κ1) is 19.1. The lowest BCUT2D eigenvalue weighted by atomic mass is 9.65. The molecule has 2 bridgehead atoms. The van der Waals surface area contributed by atoms with Crippen LogP contribution in [0.1, 0.15) is 31.7 Å². The van der Waals surface area contributed by atoms with Gasteiger partial charge in [0.15, 0.2) is 0 Å². The number of nitrogens with one attached hydrogen (secondary N) is 1. The van der Waals surface area contributed by atoms with Crippen molar-refractivity contribution in [3.05, 3.63) is 48.4 Å². The number of carbonyl (C=O) groups is 1. The van der Waals surface area contributed by atoms with Crippen molar-refractivity contribution in [3.63, 3.8) is 0 Å². The zero-order valence-corrected chi connectivity index (χ0v) is 17.6. The van der Waals surface area contributed by atoms with Crippen molar-refractivity contribution in [1.82, 2.24) is 19.5 Å². The van der Waals surface area contributed by atoms with Crippen molar-refractivity contribution in [2.75, 3.05) is 19.0 Å². The molecule has 1 saturated carbocycles. The Labute approximate surface area is 176 Å². The molecule has 3 atom stereocenters. The summed E-state index contributed by atoms with van der Waals surface area (Å²) in [5.74, 6) is 0.622. The number of ether oxygens (including phenoxy) is 1. The number of piperidine rings is 1. The molecule has 1 aliphatic heterocycles. The van der Waals surface area contributed by atoms with E-state index in [4.69, 9.17) is 4.74 Å². The fourth-order valence-electron chi connectivity index (χ4n) is 5.43. The number of fused-ring (bicyclic) bond motifs is 3. The van der Waals surface area contributed by atoms with E-state index in [1.54, 1.807) is 13.3 Å². The molecule has 1 N–H and O–H groups in total. The van der Waals surface area contributed by atoms with Gasteiger partial charge in [0, 0.05) is 24.4 Å². The summed E-state index contributed by atoms with van der Waals surface area (Å²) in [6.07, 6.45) is 8.57. The molecule has 2 fully saturated rings. The van der Waals surface area contributed by atoms with E-state index in [1.807, 2.05) is 53.0 Å². The number of urea groups is 1. The van der Waals surface area contributed by atoms with Crippen LogP contribution in [0.15, 0.2) is 42.9 Å². The van der Waals surface area contributed by atoms with Gasteiger partial charge in [-0.15, -0.1) is 0 Å². The molecule has 2 aromatic heterocycles. The molecule has 7 heteroatoms. The van der Waals surface area contributed by atoms with Gasteiger partial charge in [-0.3, -0.25) is 4.98 Å². The van der Waals surface area contributed by atoms with Gasteiger partial charge in [0.1, 0.15) is 0 Å². The summed E-state index contributed by atoms with van der Waals surface area (Å²) in [5, 5.41) is 7.42. The Balaban J connectivity index is 1.40. The second-order valence-electron chi connectivity index (χ2n) is 8.86. The highest BCUT2D eigenvalue weighted by Crippen LogP contribution is 2.50. The number of anilines is 1. The third-order valence-electron chi connectivity index (χ3n) is 6.57. The standard InChI is InChI=1S/C23H27N5O2/c1-15-8-19-11-23(10-15,14-30-3)28(19)22(29)26-17-5-4-16(2)20(9-17)21-13-27-18(12-24-21)6-7-25-27/h4-7,9,12-13,15,19H,8,10-11,14H2,1-3H3,(H,26,29)/t15-,19+,23-/m0/s1. The Morgan fingerprint density at radius 3 is 3.03 bits per heavy atom. The summed E-state index contributed by atoms with van der Waals surface area (Å²) in [6.45, 7) is 4.90. The Bertz CT molecular complexity index is 1110. The van der Waals surface area contributed by atoms with Gasteiger partial charge in [0.25, 0.3) is 0 Å². The molecule has 5 rings (SSSR count). The molecule has 0 spiro atoms. The summed E-state index contributed by atoms with van der Waals surface area (Å²) >= 11 is 0. The van der Waals surface area contributed by atoms with Crippen LogP contribution in [0.5, 0.6) is 0 Å². The van der Waals surface area contributed by atoms with E-state index < -0.39 is 0 Å². The normalized spacial score (nSPS) is 25.2. The molecular weight excluding hydrogens is 378 g/mol. The number of aromatic nitrogens is 3. The van der Waals surface area contributed by atoms with E-state index in [0.717, 1.165) is 47.3 Å². The van der Waals surface area contributed by atoms with Crippen LogP contribution < -0.4 is 5.32 Å². The Kier molecular flexibility index (Phi) is 4.50. The highest BCUT2D eigenvalue weighted by atomic mass is 16.5. The number of amides is 2. The summed E-state index contributed by atoms with van der Waals surface area (Å²) in [7, 11) is 1.72. The van der Waals surface area contributed by atoms with Gasteiger partial charge in [0.2, 0.25) is 0 Å². The molecule has 1 aliphatic carbocycles. The lowest BCUT2D eigenvalue weighted by molar-refractivity contribution is -0.122. The summed E-state index contributed by atoms with van der Waals surface area (Å²) in [6, 6.07) is 8.14. The Morgan fingerprint density at radius 1 is 1.33 bits per heavy atom. The van der Waals surface area contributed by atoms with E-state index in [-0.39, 0.29) is 11.6 Å². The topological polar surface area (TPSA) is 71.8 Å². The molecule has 1 aromatic carbocycles. The van der Waals surface area contributed by atoms with Gasteiger partial charge in [-0.2, -0.15) is 5.10 Å². The van der Waals surface area contributed by atoms with Crippen molar-refractivity contribution >= 4 is 17.2 Å². The predicted molar refractivity (Wildman–Crippen MR) is 115 cm³/mol. The second-order valence-corrected chi connectivity index (χ2v) is 8.86. The van der Waals surface area contributed by atoms with Crippen LogP contribution in [0.3, 0.4) is 0 Å². The number of hydrogen-bond acceptors (Lipinski definition) is 4. The molecule has 3 aromatic rings. The van der Waals surface area contributed by atoms with Crippen molar-refractivity contribution in [2.24, 2.45) is 5.92 Å². The van der Waals surface area contributed by atoms with Crippen molar-refractivity contribution in [3.8, 4) is 11.3 Å². The quantitative estimate of drug-likeness (QED) is 0.709. The number of hydrogen-bond donors (Lipinski definition) is 1. The summed E-state index contributed by atoms with van der Waals surface area (Å²) in [5.41, 5.74) is 4.45. The molecule has 7 nitrogen and oxygen atoms in total. The Morgan fingerprint density at radius 2 is 2.20 bits per heavy atom. The average molecular weight is 406 g/mol. The highest BCUT2D eigenvalue weighted by Gasteiger charge is 2.58. The highest BCUT2D eigenvalue weighted by molar-refractivity contribution is 5.92. The summed E-state index contributed by atoms with van der Waals surface area (Å²) < 4.78 is 7.29. The molecule has 30 heavy (non-hydrogen) atoms. The van der Waals surface area contributed by atoms with Crippen molar-refractivity contribution in [1.29, 1.82) is 0 Å². The molecule has 3 heterocycles. The first-order valence-electron chi connectivity index (χ1n) is 10.5. The first-order valence-corrected chi connectivity index (χ1v) is 10.5. The van der Waals surface area contributed by atoms with Crippen LogP contribution in [0, 0.1) is 12.8 Å². The van der Waals surface area contributed by atoms with E-state index in [0.29, 0.717) is 18.6 Å². The van der Waals surface area contributed by atoms with Crippen LogP contribution in [-0.2, 0) is 4.74 Å². The van der Waals surface area contributed by atoms with Crippen LogP contribution in [0.2, 0.25) is 0 Å². The van der Waals surface area contributed by atoms with Crippen molar-refractivity contribution < 1.29 is 9.53 Å². The average Bonchev–Trinajstić information content (AvgIpc) is 3.16. The minimum atomic E-state index is -0.165.